The number of carbonyl (C=O) groups excluding carboxylic acids is 3. The highest BCUT2D eigenvalue weighted by molar-refractivity contribution is 5.71. The van der Waals surface area contributed by atoms with E-state index < -0.39 is 6.10 Å². The van der Waals surface area contributed by atoms with Gasteiger partial charge in [0.05, 0.1) is 0 Å². The summed E-state index contributed by atoms with van der Waals surface area (Å²) in [6, 6.07) is 0. The molecular formula is C48H82O6. The van der Waals surface area contributed by atoms with Gasteiger partial charge in [0.25, 0.3) is 0 Å². The fraction of sp³-hybridized carbons (Fsp3) is 0.729. The fourth-order valence-corrected chi connectivity index (χ4v) is 5.94. The molecule has 310 valence electrons. The number of carbonyl (C=O) groups is 3. The minimum absolute atomic E-state index is 0.0781. The third kappa shape index (κ3) is 40.3. The first-order chi connectivity index (χ1) is 26.5. The van der Waals surface area contributed by atoms with Crippen LogP contribution in [0.25, 0.3) is 0 Å². The van der Waals surface area contributed by atoms with Crippen LogP contribution in [-0.4, -0.2) is 37.2 Å². The summed E-state index contributed by atoms with van der Waals surface area (Å²) in [5.41, 5.74) is 0. The summed E-state index contributed by atoms with van der Waals surface area (Å²) in [6.07, 6.45) is 51.0. The number of rotatable bonds is 39. The molecule has 1 unspecified atom stereocenters. The monoisotopic (exact) mass is 755 g/mol. The summed E-state index contributed by atoms with van der Waals surface area (Å²) in [5, 5.41) is 0. The molecule has 6 heteroatoms. The average molecular weight is 755 g/mol. The van der Waals surface area contributed by atoms with Crippen molar-refractivity contribution in [2.45, 2.75) is 213 Å². The van der Waals surface area contributed by atoms with Crippen molar-refractivity contribution in [1.82, 2.24) is 0 Å². The summed E-state index contributed by atoms with van der Waals surface area (Å²) >= 11 is 0. The molecule has 0 N–H and O–H groups in total. The van der Waals surface area contributed by atoms with E-state index in [1.165, 1.54) is 64.2 Å². The summed E-state index contributed by atoms with van der Waals surface area (Å²) in [7, 11) is 0. The van der Waals surface area contributed by atoms with E-state index in [1.807, 2.05) is 0 Å². The lowest BCUT2D eigenvalue weighted by atomic mass is 10.1. The van der Waals surface area contributed by atoms with Gasteiger partial charge in [0.15, 0.2) is 6.10 Å². The molecule has 0 heterocycles. The van der Waals surface area contributed by atoms with Crippen molar-refractivity contribution in [2.75, 3.05) is 13.2 Å². The zero-order chi connectivity index (χ0) is 39.4. The Kier molecular flexibility index (Phi) is 40.6. The van der Waals surface area contributed by atoms with E-state index in [1.54, 1.807) is 0 Å². The van der Waals surface area contributed by atoms with E-state index in [4.69, 9.17) is 14.2 Å². The Hall–Kier alpha value is -2.89. The normalized spacial score (nSPS) is 12.6. The Bertz CT molecular complexity index is 1010. The highest BCUT2D eigenvalue weighted by Gasteiger charge is 2.19. The van der Waals surface area contributed by atoms with Gasteiger partial charge < -0.3 is 14.2 Å². The van der Waals surface area contributed by atoms with Crippen molar-refractivity contribution in [2.24, 2.45) is 0 Å². The van der Waals surface area contributed by atoms with Crippen molar-refractivity contribution >= 4 is 17.9 Å². The molecule has 0 aromatic heterocycles. The number of allylic oxidation sites excluding steroid dienone is 10. The van der Waals surface area contributed by atoms with Crippen molar-refractivity contribution in [3.8, 4) is 0 Å². The number of esters is 3. The van der Waals surface area contributed by atoms with Gasteiger partial charge in [-0.3, -0.25) is 14.4 Å². The molecule has 0 saturated heterocycles. The van der Waals surface area contributed by atoms with Gasteiger partial charge in [0.2, 0.25) is 0 Å². The predicted octanol–water partition coefficient (Wildman–Crippen LogP) is 14.1. The molecule has 0 radical (unpaired) electrons. The Balaban J connectivity index is 4.11. The van der Waals surface area contributed by atoms with Crippen molar-refractivity contribution in [3.63, 3.8) is 0 Å². The highest BCUT2D eigenvalue weighted by Crippen LogP contribution is 2.13. The standard InChI is InChI=1S/C48H82O6/c1-4-7-10-13-15-17-18-19-20-21-22-23-24-25-26-27-28-29-30-31-33-35-38-41-47(50)53-44-45(43-52-46(49)40-37-34-12-9-6-3)54-48(51)42-39-36-32-16-14-11-8-5-2/h7,10,15,17,19-20,22-23,25-26,45H,4-6,8-9,11-14,16,18,21,24,27-44H2,1-3H3/b10-7-,17-15-,20-19-,23-22-,26-25-. The summed E-state index contributed by atoms with van der Waals surface area (Å²) in [5.74, 6) is -0.912. The maximum absolute atomic E-state index is 12.6. The smallest absolute Gasteiger partial charge is 0.306 e. The molecule has 0 aliphatic carbocycles. The number of hydrogen-bond acceptors (Lipinski definition) is 6. The first-order valence-electron chi connectivity index (χ1n) is 22.3. The second-order valence-electron chi connectivity index (χ2n) is 14.6. The SMILES string of the molecule is CC/C=C\C/C=C\C/C=C\C/C=C\C/C=C\CCCCCCCCCC(=O)OCC(COC(=O)CCCCCCC)OC(=O)CCCCCCCCCC. The maximum Gasteiger partial charge on any atom is 0.306 e. The van der Waals surface area contributed by atoms with Gasteiger partial charge in [0, 0.05) is 19.3 Å². The molecule has 0 aliphatic rings. The van der Waals surface area contributed by atoms with Crippen LogP contribution in [0, 0.1) is 0 Å². The molecule has 0 aliphatic heterocycles. The van der Waals surface area contributed by atoms with Crippen molar-refractivity contribution < 1.29 is 28.6 Å². The molecular weight excluding hydrogens is 673 g/mol. The largest absolute Gasteiger partial charge is 0.462 e. The van der Waals surface area contributed by atoms with Gasteiger partial charge in [0.1, 0.15) is 13.2 Å². The molecule has 0 fully saturated rings. The lowest BCUT2D eigenvalue weighted by molar-refractivity contribution is -0.167. The molecule has 0 aromatic carbocycles. The Morgan fingerprint density at radius 1 is 0.389 bits per heavy atom. The van der Waals surface area contributed by atoms with Gasteiger partial charge in [-0.15, -0.1) is 0 Å². The van der Waals surface area contributed by atoms with Crippen molar-refractivity contribution in [1.29, 1.82) is 0 Å². The quantitative estimate of drug-likeness (QED) is 0.0269. The lowest BCUT2D eigenvalue weighted by Crippen LogP contribution is -2.30. The fourth-order valence-electron chi connectivity index (χ4n) is 5.94. The Labute approximate surface area is 332 Å². The van der Waals surface area contributed by atoms with E-state index in [2.05, 4.69) is 81.5 Å². The van der Waals surface area contributed by atoms with Crippen LogP contribution in [0.1, 0.15) is 207 Å². The molecule has 0 aromatic rings. The van der Waals surface area contributed by atoms with E-state index in [0.717, 1.165) is 103 Å². The summed E-state index contributed by atoms with van der Waals surface area (Å²) in [4.78, 5) is 37.3. The van der Waals surface area contributed by atoms with Gasteiger partial charge in [-0.1, -0.05) is 184 Å². The zero-order valence-corrected chi connectivity index (χ0v) is 35.2. The summed E-state index contributed by atoms with van der Waals surface area (Å²) in [6.45, 7) is 6.38. The van der Waals surface area contributed by atoms with Gasteiger partial charge in [-0.25, -0.2) is 0 Å². The Morgan fingerprint density at radius 3 is 1.13 bits per heavy atom. The molecule has 1 atom stereocenters. The minimum Gasteiger partial charge on any atom is -0.462 e. The van der Waals surface area contributed by atoms with Crippen LogP contribution in [0.15, 0.2) is 60.8 Å². The zero-order valence-electron chi connectivity index (χ0n) is 35.2. The van der Waals surface area contributed by atoms with Crippen molar-refractivity contribution in [3.05, 3.63) is 60.8 Å². The van der Waals surface area contributed by atoms with Crippen LogP contribution in [-0.2, 0) is 28.6 Å². The molecule has 0 saturated carbocycles. The van der Waals surface area contributed by atoms with Crippen LogP contribution in [0.4, 0.5) is 0 Å². The minimum atomic E-state index is -0.769. The predicted molar refractivity (Wildman–Crippen MR) is 228 cm³/mol. The number of unbranched alkanes of at least 4 members (excludes halogenated alkanes) is 18. The maximum atomic E-state index is 12.6. The third-order valence-electron chi connectivity index (χ3n) is 9.29. The summed E-state index contributed by atoms with van der Waals surface area (Å²) < 4.78 is 16.5. The van der Waals surface area contributed by atoms with Gasteiger partial charge in [-0.2, -0.15) is 0 Å². The van der Waals surface area contributed by atoms with E-state index in [0.29, 0.717) is 19.3 Å². The van der Waals surface area contributed by atoms with E-state index in [9.17, 15) is 14.4 Å². The lowest BCUT2D eigenvalue weighted by Gasteiger charge is -2.18. The van der Waals surface area contributed by atoms with Gasteiger partial charge in [-0.05, 0) is 64.2 Å². The molecule has 0 amide bonds. The highest BCUT2D eigenvalue weighted by atomic mass is 16.6. The first kappa shape index (κ1) is 51.1. The van der Waals surface area contributed by atoms with Crippen LogP contribution in [0.5, 0.6) is 0 Å². The topological polar surface area (TPSA) is 78.9 Å². The van der Waals surface area contributed by atoms with Crippen LogP contribution >= 0.6 is 0 Å². The average Bonchev–Trinajstić information content (AvgIpc) is 3.17. The van der Waals surface area contributed by atoms with Crippen LogP contribution in [0.3, 0.4) is 0 Å². The van der Waals surface area contributed by atoms with Crippen LogP contribution < -0.4 is 0 Å². The third-order valence-corrected chi connectivity index (χ3v) is 9.29. The molecule has 54 heavy (non-hydrogen) atoms. The van der Waals surface area contributed by atoms with Gasteiger partial charge >= 0.3 is 17.9 Å². The first-order valence-corrected chi connectivity index (χ1v) is 22.3. The van der Waals surface area contributed by atoms with E-state index in [-0.39, 0.29) is 31.1 Å². The Morgan fingerprint density at radius 2 is 0.722 bits per heavy atom. The second kappa shape index (κ2) is 42.8. The molecule has 0 rings (SSSR count). The number of ether oxygens (including phenoxy) is 3. The van der Waals surface area contributed by atoms with Crippen LogP contribution in [0.2, 0.25) is 0 Å². The molecule has 0 bridgehead atoms. The number of hydrogen-bond donors (Lipinski definition) is 0. The molecule has 6 nitrogen and oxygen atoms in total. The van der Waals surface area contributed by atoms with E-state index >= 15 is 0 Å². The second-order valence-corrected chi connectivity index (χ2v) is 14.6. The molecule has 0 spiro atoms.